The Balaban J connectivity index is 0.000000180. The van der Waals surface area contributed by atoms with Crippen LogP contribution in [0.25, 0.3) is 0 Å². The predicted molar refractivity (Wildman–Crippen MR) is 62.2 cm³/mol. The molecule has 0 spiro atoms. The van der Waals surface area contributed by atoms with Gasteiger partial charge >= 0.3 is 11.9 Å². The van der Waals surface area contributed by atoms with Gasteiger partial charge in [-0.3, -0.25) is 0 Å². The number of carboxylic acids is 1. The maximum Gasteiger partial charge on any atom is 0.338 e. The molecule has 2 saturated heterocycles. The van der Waals surface area contributed by atoms with Gasteiger partial charge in [0.1, 0.15) is 0 Å². The summed E-state index contributed by atoms with van der Waals surface area (Å²) in [6.07, 6.45) is 0.262. The van der Waals surface area contributed by atoms with E-state index in [0.29, 0.717) is 13.0 Å². The van der Waals surface area contributed by atoms with E-state index in [1.165, 1.54) is 0 Å². The Bertz CT molecular complexity index is 323. The van der Waals surface area contributed by atoms with Crippen LogP contribution in [-0.2, 0) is 23.8 Å². The summed E-state index contributed by atoms with van der Waals surface area (Å²) in [4.78, 5) is 21.1. The first-order valence-corrected chi connectivity index (χ1v) is 6.12. The first kappa shape index (κ1) is 14.9. The lowest BCUT2D eigenvalue weighted by atomic mass is 10.0. The lowest BCUT2D eigenvalue weighted by Gasteiger charge is -1.99. The molecule has 6 nitrogen and oxygen atoms in total. The van der Waals surface area contributed by atoms with Crippen LogP contribution in [0.1, 0.15) is 34.1 Å². The van der Waals surface area contributed by atoms with E-state index < -0.39 is 11.6 Å². The summed E-state index contributed by atoms with van der Waals surface area (Å²) < 4.78 is 14.4. The second-order valence-corrected chi connectivity index (χ2v) is 4.32. The van der Waals surface area contributed by atoms with E-state index >= 15 is 0 Å². The van der Waals surface area contributed by atoms with Gasteiger partial charge in [-0.1, -0.05) is 6.92 Å². The smallest absolute Gasteiger partial charge is 0.338 e. The zero-order chi connectivity index (χ0) is 13.9. The molecule has 1 N–H and O–H groups in total. The fourth-order valence-electron chi connectivity index (χ4n) is 1.69. The van der Waals surface area contributed by atoms with E-state index in [-0.39, 0.29) is 24.3 Å². The second-order valence-electron chi connectivity index (χ2n) is 4.32. The Hall–Kier alpha value is -1.14. The van der Waals surface area contributed by atoms with E-state index in [4.69, 9.17) is 14.6 Å². The Labute approximate surface area is 106 Å². The van der Waals surface area contributed by atoms with Crippen LogP contribution in [0.4, 0.5) is 0 Å². The van der Waals surface area contributed by atoms with Gasteiger partial charge in [0.15, 0.2) is 11.7 Å². The number of carbonyl (C=O) groups excluding carboxylic acids is 1. The maximum atomic E-state index is 10.7. The fourth-order valence-corrected chi connectivity index (χ4v) is 1.69. The average molecular weight is 260 g/mol. The highest BCUT2D eigenvalue weighted by atomic mass is 16.6. The van der Waals surface area contributed by atoms with Crippen LogP contribution in [0.15, 0.2) is 0 Å². The van der Waals surface area contributed by atoms with Crippen molar-refractivity contribution < 1.29 is 28.9 Å². The molecule has 104 valence electrons. The number of aliphatic carboxylic acids is 1. The molecule has 0 aliphatic carbocycles. The molecular formula is C12H20O6. The third kappa shape index (κ3) is 3.20. The quantitative estimate of drug-likeness (QED) is 0.598. The molecule has 0 bridgehead atoms. The molecule has 6 heteroatoms. The molecule has 0 aromatic heterocycles. The number of hydrogen-bond donors (Lipinski definition) is 1. The van der Waals surface area contributed by atoms with Crippen molar-refractivity contribution >= 4 is 11.9 Å². The topological polar surface area (TPSA) is 88.7 Å². The Morgan fingerprint density at radius 1 is 1.33 bits per heavy atom. The molecule has 2 aliphatic rings. The third-order valence-corrected chi connectivity index (χ3v) is 3.10. The summed E-state index contributed by atoms with van der Waals surface area (Å²) in [5, 5.41) is 8.55. The monoisotopic (exact) mass is 260 g/mol. The van der Waals surface area contributed by atoms with Gasteiger partial charge in [-0.15, -0.1) is 0 Å². The number of rotatable bonds is 4. The molecule has 0 aromatic carbocycles. The van der Waals surface area contributed by atoms with Crippen LogP contribution in [0.2, 0.25) is 0 Å². The minimum Gasteiger partial charge on any atom is -0.479 e. The van der Waals surface area contributed by atoms with Crippen LogP contribution < -0.4 is 0 Å². The van der Waals surface area contributed by atoms with Crippen molar-refractivity contribution in [1.82, 2.24) is 0 Å². The van der Waals surface area contributed by atoms with E-state index in [1.807, 2.05) is 13.8 Å². The molecule has 0 unspecified atom stereocenters. The summed E-state index contributed by atoms with van der Waals surface area (Å²) in [6, 6.07) is 0. The van der Waals surface area contributed by atoms with E-state index in [9.17, 15) is 9.59 Å². The Kier molecular flexibility index (Phi) is 4.70. The molecule has 0 aromatic rings. The summed E-state index contributed by atoms with van der Waals surface area (Å²) >= 11 is 0. The van der Waals surface area contributed by atoms with Crippen LogP contribution in [-0.4, -0.2) is 47.6 Å². The highest BCUT2D eigenvalue weighted by Crippen LogP contribution is 2.39. The van der Waals surface area contributed by atoms with Crippen molar-refractivity contribution in [2.75, 3.05) is 6.61 Å². The van der Waals surface area contributed by atoms with E-state index in [2.05, 4.69) is 4.74 Å². The van der Waals surface area contributed by atoms with Gasteiger partial charge < -0.3 is 19.3 Å². The first-order chi connectivity index (χ1) is 8.39. The number of carboxylic acid groups (broad SMARTS) is 1. The molecule has 18 heavy (non-hydrogen) atoms. The summed E-state index contributed by atoms with van der Waals surface area (Å²) in [7, 11) is 0. The Morgan fingerprint density at radius 3 is 2.00 bits per heavy atom. The highest BCUT2D eigenvalue weighted by Gasteiger charge is 2.58. The molecule has 2 rings (SSSR count). The zero-order valence-corrected chi connectivity index (χ0v) is 11.1. The van der Waals surface area contributed by atoms with Crippen LogP contribution >= 0.6 is 0 Å². The predicted octanol–water partition coefficient (Wildman–Crippen LogP) is 0.975. The molecule has 2 fully saturated rings. The first-order valence-electron chi connectivity index (χ1n) is 6.12. The van der Waals surface area contributed by atoms with Gasteiger partial charge in [0.2, 0.25) is 0 Å². The van der Waals surface area contributed by atoms with Crippen LogP contribution in [0.5, 0.6) is 0 Å². The normalized spacial score (nSPS) is 36.1. The number of ether oxygens (including phenoxy) is 3. The lowest BCUT2D eigenvalue weighted by Crippen LogP contribution is -2.24. The molecular weight excluding hydrogens is 240 g/mol. The van der Waals surface area contributed by atoms with Gasteiger partial charge in [-0.25, -0.2) is 9.59 Å². The minimum atomic E-state index is -0.836. The van der Waals surface area contributed by atoms with E-state index in [1.54, 1.807) is 13.8 Å². The number of esters is 1. The van der Waals surface area contributed by atoms with Gasteiger partial charge in [0.25, 0.3) is 0 Å². The standard InChI is InChI=1S/2C6H10O3/c1-3-6(5(7)8)4(2)9-6;1-3-8-6(7)5-4(2)9-5/h4H,3H2,1-2H3,(H,7,8);4-5H,3H2,1-2H3/t4-,6+;4-,5+/m00/s1. The van der Waals surface area contributed by atoms with Crippen molar-refractivity contribution in [2.45, 2.75) is 58.0 Å². The van der Waals surface area contributed by atoms with Crippen LogP contribution in [0, 0.1) is 0 Å². The fraction of sp³-hybridized carbons (Fsp3) is 0.833. The Morgan fingerprint density at radius 2 is 1.83 bits per heavy atom. The van der Waals surface area contributed by atoms with Crippen molar-refractivity contribution in [3.63, 3.8) is 0 Å². The van der Waals surface area contributed by atoms with Crippen molar-refractivity contribution in [3.05, 3.63) is 0 Å². The largest absolute Gasteiger partial charge is 0.479 e. The van der Waals surface area contributed by atoms with Gasteiger partial charge in [-0.05, 0) is 27.2 Å². The molecule has 0 radical (unpaired) electrons. The number of hydrogen-bond acceptors (Lipinski definition) is 5. The van der Waals surface area contributed by atoms with Crippen molar-refractivity contribution in [3.8, 4) is 0 Å². The van der Waals surface area contributed by atoms with E-state index in [0.717, 1.165) is 0 Å². The molecule has 0 saturated carbocycles. The number of epoxide rings is 2. The van der Waals surface area contributed by atoms with Crippen LogP contribution in [0.3, 0.4) is 0 Å². The SMILES string of the molecule is CCOC(=O)[C@@H]1O[C@H]1C.CC[C@@]1(C(=O)O)O[C@H]1C. The van der Waals surface area contributed by atoms with Gasteiger partial charge in [-0.2, -0.15) is 0 Å². The summed E-state index contributed by atoms with van der Waals surface area (Å²) in [5.41, 5.74) is -0.833. The molecule has 2 aliphatic heterocycles. The van der Waals surface area contributed by atoms with Crippen molar-refractivity contribution in [1.29, 1.82) is 0 Å². The third-order valence-electron chi connectivity index (χ3n) is 3.10. The number of carbonyl (C=O) groups is 2. The second kappa shape index (κ2) is 5.67. The van der Waals surface area contributed by atoms with Crippen molar-refractivity contribution in [2.24, 2.45) is 0 Å². The minimum absolute atomic E-state index is 0.0732. The zero-order valence-electron chi connectivity index (χ0n) is 11.1. The lowest BCUT2D eigenvalue weighted by molar-refractivity contribution is -0.145. The maximum absolute atomic E-state index is 10.7. The molecule has 2 heterocycles. The highest BCUT2D eigenvalue weighted by molar-refractivity contribution is 5.81. The average Bonchev–Trinajstić information content (AvgIpc) is 3.18. The molecule has 0 amide bonds. The van der Waals surface area contributed by atoms with Gasteiger partial charge in [0.05, 0.1) is 18.8 Å². The summed E-state index contributed by atoms with van der Waals surface area (Å²) in [6.45, 7) is 7.66. The summed E-state index contributed by atoms with van der Waals surface area (Å²) in [5.74, 6) is -1.07. The molecule has 4 atom stereocenters. The van der Waals surface area contributed by atoms with Gasteiger partial charge in [0, 0.05) is 0 Å².